The summed E-state index contributed by atoms with van der Waals surface area (Å²) < 4.78 is 3.36. The number of nitrogens with one attached hydrogen (secondary N) is 1. The molecular formula is C13H16BrClN2. The maximum atomic E-state index is 6.19. The van der Waals surface area contributed by atoms with Gasteiger partial charge in [0.15, 0.2) is 0 Å². The van der Waals surface area contributed by atoms with Crippen LogP contribution in [-0.4, -0.2) is 11.6 Å². The minimum atomic E-state index is 0.292. The Morgan fingerprint density at radius 3 is 2.65 bits per heavy atom. The van der Waals surface area contributed by atoms with Gasteiger partial charge in [-0.25, -0.2) is 0 Å². The molecule has 2 rings (SSSR count). The Bertz CT molecular complexity index is 575. The average molecular weight is 316 g/mol. The predicted molar refractivity (Wildman–Crippen MR) is 77.8 cm³/mol. The molecule has 4 heteroatoms. The summed E-state index contributed by atoms with van der Waals surface area (Å²) in [4.78, 5) is 0. The summed E-state index contributed by atoms with van der Waals surface area (Å²) in [5.74, 6) is 0. The standard InChI is InChI=1S/C13H16BrClN2/c1-7-10(15)6-5-9-11(14)13(8(2)16-3)17(4)12(7)9/h5-6,8,16H,1-4H3. The van der Waals surface area contributed by atoms with E-state index in [4.69, 9.17) is 11.6 Å². The molecule has 0 bridgehead atoms. The zero-order valence-corrected chi connectivity index (χ0v) is 12.8. The molecule has 1 atom stereocenters. The van der Waals surface area contributed by atoms with Crippen LogP contribution in [0.4, 0.5) is 0 Å². The number of aryl methyl sites for hydroxylation is 2. The summed E-state index contributed by atoms with van der Waals surface area (Å²) in [6.07, 6.45) is 0. The molecule has 0 amide bonds. The Kier molecular flexibility index (Phi) is 3.53. The second kappa shape index (κ2) is 4.63. The lowest BCUT2D eigenvalue weighted by Crippen LogP contribution is -2.16. The third-order valence-electron chi connectivity index (χ3n) is 3.37. The fourth-order valence-electron chi connectivity index (χ4n) is 2.31. The smallest absolute Gasteiger partial charge is 0.0536 e. The van der Waals surface area contributed by atoms with Gasteiger partial charge in [-0.3, -0.25) is 0 Å². The number of hydrogen-bond acceptors (Lipinski definition) is 1. The Morgan fingerprint density at radius 1 is 1.41 bits per heavy atom. The molecule has 2 nitrogen and oxygen atoms in total. The molecule has 2 aromatic rings. The highest BCUT2D eigenvalue weighted by atomic mass is 79.9. The van der Waals surface area contributed by atoms with E-state index in [2.05, 4.69) is 52.8 Å². The molecule has 1 N–H and O–H groups in total. The first-order chi connectivity index (χ1) is 7.99. The Morgan fingerprint density at radius 2 is 2.06 bits per heavy atom. The van der Waals surface area contributed by atoms with Gasteiger partial charge in [-0.2, -0.15) is 0 Å². The monoisotopic (exact) mass is 314 g/mol. The van der Waals surface area contributed by atoms with E-state index < -0.39 is 0 Å². The van der Waals surface area contributed by atoms with Crippen molar-refractivity contribution in [3.8, 4) is 0 Å². The summed E-state index contributed by atoms with van der Waals surface area (Å²) in [7, 11) is 4.05. The molecule has 0 aliphatic carbocycles. The third-order valence-corrected chi connectivity index (χ3v) is 4.61. The van der Waals surface area contributed by atoms with E-state index in [0.717, 1.165) is 15.1 Å². The second-order valence-electron chi connectivity index (χ2n) is 4.34. The van der Waals surface area contributed by atoms with Gasteiger partial charge in [0, 0.05) is 33.7 Å². The molecule has 0 radical (unpaired) electrons. The van der Waals surface area contributed by atoms with Crippen molar-refractivity contribution in [2.45, 2.75) is 19.9 Å². The number of rotatable bonds is 2. The van der Waals surface area contributed by atoms with Gasteiger partial charge in [-0.1, -0.05) is 17.7 Å². The largest absolute Gasteiger partial charge is 0.345 e. The van der Waals surface area contributed by atoms with E-state index >= 15 is 0 Å². The average Bonchev–Trinajstić information content (AvgIpc) is 2.56. The minimum Gasteiger partial charge on any atom is -0.345 e. The first-order valence-corrected chi connectivity index (χ1v) is 6.76. The van der Waals surface area contributed by atoms with Gasteiger partial charge in [0.25, 0.3) is 0 Å². The van der Waals surface area contributed by atoms with E-state index in [9.17, 15) is 0 Å². The molecular weight excluding hydrogens is 300 g/mol. The van der Waals surface area contributed by atoms with Crippen LogP contribution in [-0.2, 0) is 7.05 Å². The van der Waals surface area contributed by atoms with Crippen molar-refractivity contribution in [2.75, 3.05) is 7.05 Å². The van der Waals surface area contributed by atoms with Gasteiger partial charge < -0.3 is 9.88 Å². The highest BCUT2D eigenvalue weighted by Gasteiger charge is 2.19. The number of aromatic nitrogens is 1. The quantitative estimate of drug-likeness (QED) is 0.879. The van der Waals surface area contributed by atoms with Crippen LogP contribution in [0.5, 0.6) is 0 Å². The lowest BCUT2D eigenvalue weighted by Gasteiger charge is -2.13. The molecule has 0 saturated heterocycles. The number of fused-ring (bicyclic) bond motifs is 1. The molecule has 1 unspecified atom stereocenters. The van der Waals surface area contributed by atoms with E-state index in [-0.39, 0.29) is 0 Å². The SMILES string of the molecule is CNC(C)c1c(Br)c2ccc(Cl)c(C)c2n1C. The fraction of sp³-hybridized carbons (Fsp3) is 0.385. The van der Waals surface area contributed by atoms with Crippen LogP contribution >= 0.6 is 27.5 Å². The summed E-state index contributed by atoms with van der Waals surface area (Å²) >= 11 is 9.89. The second-order valence-corrected chi connectivity index (χ2v) is 5.54. The number of halogens is 2. The molecule has 1 heterocycles. The molecule has 1 aromatic heterocycles. The predicted octanol–water partition coefficient (Wildman–Crippen LogP) is 4.18. The minimum absolute atomic E-state index is 0.292. The molecule has 0 fully saturated rings. The Balaban J connectivity index is 2.85. The van der Waals surface area contributed by atoms with Crippen molar-refractivity contribution in [3.63, 3.8) is 0 Å². The first-order valence-electron chi connectivity index (χ1n) is 5.59. The van der Waals surface area contributed by atoms with Crippen molar-refractivity contribution < 1.29 is 0 Å². The zero-order valence-electron chi connectivity index (χ0n) is 10.4. The van der Waals surface area contributed by atoms with Crippen molar-refractivity contribution in [3.05, 3.63) is 32.9 Å². The van der Waals surface area contributed by atoms with Crippen LogP contribution in [0.15, 0.2) is 16.6 Å². The van der Waals surface area contributed by atoms with Crippen molar-refractivity contribution >= 4 is 38.4 Å². The van der Waals surface area contributed by atoms with Gasteiger partial charge in [0.05, 0.1) is 5.52 Å². The van der Waals surface area contributed by atoms with Gasteiger partial charge in [-0.15, -0.1) is 0 Å². The molecule has 92 valence electrons. The van der Waals surface area contributed by atoms with E-state index in [1.165, 1.54) is 16.6 Å². The van der Waals surface area contributed by atoms with Gasteiger partial charge in [0.1, 0.15) is 0 Å². The van der Waals surface area contributed by atoms with Crippen LogP contribution in [0.3, 0.4) is 0 Å². The lowest BCUT2D eigenvalue weighted by atomic mass is 10.1. The van der Waals surface area contributed by atoms with Crippen molar-refractivity contribution in [1.29, 1.82) is 0 Å². The van der Waals surface area contributed by atoms with E-state index in [1.807, 2.05) is 13.1 Å². The van der Waals surface area contributed by atoms with E-state index in [1.54, 1.807) is 0 Å². The topological polar surface area (TPSA) is 17.0 Å². The van der Waals surface area contributed by atoms with Crippen LogP contribution in [0.1, 0.15) is 24.2 Å². The van der Waals surface area contributed by atoms with Crippen LogP contribution in [0.2, 0.25) is 5.02 Å². The maximum absolute atomic E-state index is 6.19. The first kappa shape index (κ1) is 12.9. The summed E-state index contributed by atoms with van der Waals surface area (Å²) in [6, 6.07) is 4.32. The Hall–Kier alpha value is -0.510. The Labute approximate surface area is 115 Å². The lowest BCUT2D eigenvalue weighted by molar-refractivity contribution is 0.606. The highest BCUT2D eigenvalue weighted by molar-refractivity contribution is 9.10. The molecule has 17 heavy (non-hydrogen) atoms. The molecule has 0 spiro atoms. The van der Waals surface area contributed by atoms with Crippen LogP contribution in [0, 0.1) is 6.92 Å². The summed E-state index contributed by atoms with van der Waals surface area (Å²) in [5, 5.41) is 5.30. The normalized spacial score (nSPS) is 13.3. The molecule has 0 saturated carbocycles. The number of nitrogens with zero attached hydrogens (tertiary/aromatic N) is 1. The molecule has 0 aliphatic heterocycles. The zero-order chi connectivity index (χ0) is 12.7. The number of benzene rings is 1. The number of hydrogen-bond donors (Lipinski definition) is 1. The van der Waals surface area contributed by atoms with Crippen LogP contribution < -0.4 is 5.32 Å². The highest BCUT2D eigenvalue weighted by Crippen LogP contribution is 2.37. The van der Waals surface area contributed by atoms with Crippen LogP contribution in [0.25, 0.3) is 10.9 Å². The van der Waals surface area contributed by atoms with Crippen molar-refractivity contribution in [1.82, 2.24) is 9.88 Å². The fourth-order valence-corrected chi connectivity index (χ4v) is 3.39. The third kappa shape index (κ3) is 1.90. The van der Waals surface area contributed by atoms with Crippen molar-refractivity contribution in [2.24, 2.45) is 7.05 Å². The van der Waals surface area contributed by atoms with Gasteiger partial charge >= 0.3 is 0 Å². The molecule has 1 aromatic carbocycles. The van der Waals surface area contributed by atoms with Gasteiger partial charge in [0.2, 0.25) is 0 Å². The van der Waals surface area contributed by atoms with E-state index in [0.29, 0.717) is 6.04 Å². The molecule has 0 aliphatic rings. The maximum Gasteiger partial charge on any atom is 0.0536 e. The summed E-state index contributed by atoms with van der Waals surface area (Å²) in [5.41, 5.74) is 3.57. The van der Waals surface area contributed by atoms with Gasteiger partial charge in [-0.05, 0) is 48.5 Å². The summed E-state index contributed by atoms with van der Waals surface area (Å²) in [6.45, 7) is 4.21.